The standard InChI is InChI=1S/C31H44O9/c1-27(2)39-23-13-26(37-16-24(23)40-27)38-19-4-9-29(17-32)21-5-8-28(3)20(18-12-25(33)36-15-18)7-11-31(28,35)22(21)6-10-30(29,34)14-19/h12,17,19-24,26,34-35H,4-11,13-16H2,1-3H3/t19-,20+,21?,22?,23?,24?,26?,28+,29-,30-,31-/m0/s1. The zero-order chi connectivity index (χ0) is 28.1. The van der Waals surface area contributed by atoms with Gasteiger partial charge in [-0.25, -0.2) is 4.79 Å². The Hall–Kier alpha value is -1.36. The zero-order valence-electron chi connectivity index (χ0n) is 23.9. The summed E-state index contributed by atoms with van der Waals surface area (Å²) < 4.78 is 29.6. The average molecular weight is 561 g/mol. The molecule has 7 rings (SSSR count). The molecule has 5 unspecified atom stereocenters. The summed E-state index contributed by atoms with van der Waals surface area (Å²) in [7, 11) is 0. The molecule has 3 aliphatic heterocycles. The van der Waals surface area contributed by atoms with Gasteiger partial charge in [0.05, 0.1) is 35.4 Å². The second kappa shape index (κ2) is 9.07. The second-order valence-corrected chi connectivity index (χ2v) is 14.5. The van der Waals surface area contributed by atoms with Crippen LogP contribution in [0.3, 0.4) is 0 Å². The number of esters is 1. The number of fused-ring (bicyclic) bond motifs is 6. The molecule has 6 fully saturated rings. The van der Waals surface area contributed by atoms with Crippen LogP contribution >= 0.6 is 0 Å². The van der Waals surface area contributed by atoms with Crippen molar-refractivity contribution in [1.82, 2.24) is 0 Å². The minimum Gasteiger partial charge on any atom is -0.458 e. The van der Waals surface area contributed by atoms with Gasteiger partial charge in [-0.3, -0.25) is 0 Å². The van der Waals surface area contributed by atoms with Gasteiger partial charge >= 0.3 is 5.97 Å². The Morgan fingerprint density at radius 2 is 1.75 bits per heavy atom. The van der Waals surface area contributed by atoms with E-state index in [2.05, 4.69) is 6.92 Å². The number of cyclic esters (lactones) is 1. The largest absolute Gasteiger partial charge is 0.458 e. The molecule has 0 spiro atoms. The van der Waals surface area contributed by atoms with E-state index in [0.29, 0.717) is 58.2 Å². The van der Waals surface area contributed by atoms with Crippen LogP contribution in [0.2, 0.25) is 0 Å². The summed E-state index contributed by atoms with van der Waals surface area (Å²) in [5.74, 6) is -0.990. The first-order chi connectivity index (χ1) is 18.9. The molecule has 7 aliphatic rings. The molecule has 2 N–H and O–H groups in total. The Labute approximate surface area is 235 Å². The zero-order valence-corrected chi connectivity index (χ0v) is 23.9. The van der Waals surface area contributed by atoms with Crippen LogP contribution in [0.4, 0.5) is 0 Å². The van der Waals surface area contributed by atoms with E-state index in [4.69, 9.17) is 23.7 Å². The third kappa shape index (κ3) is 3.80. The Balaban J connectivity index is 1.08. The van der Waals surface area contributed by atoms with Crippen molar-refractivity contribution in [2.45, 2.75) is 127 Å². The highest BCUT2D eigenvalue weighted by Crippen LogP contribution is 2.70. The quantitative estimate of drug-likeness (QED) is 0.303. The molecule has 0 aromatic carbocycles. The van der Waals surface area contributed by atoms with Crippen molar-refractivity contribution in [3.63, 3.8) is 0 Å². The van der Waals surface area contributed by atoms with E-state index in [0.717, 1.165) is 31.1 Å². The molecular formula is C31H44O9. The van der Waals surface area contributed by atoms with Gasteiger partial charge in [0.25, 0.3) is 0 Å². The third-order valence-electron chi connectivity index (χ3n) is 12.3. The predicted molar refractivity (Wildman–Crippen MR) is 141 cm³/mol. The Bertz CT molecular complexity index is 1100. The highest BCUT2D eigenvalue weighted by Gasteiger charge is 2.71. The van der Waals surface area contributed by atoms with Crippen LogP contribution < -0.4 is 0 Å². The molecule has 11 atom stereocenters. The lowest BCUT2D eigenvalue weighted by molar-refractivity contribution is -0.270. The van der Waals surface area contributed by atoms with Crippen molar-refractivity contribution in [3.8, 4) is 0 Å². The fraction of sp³-hybridized carbons (Fsp3) is 0.871. The number of rotatable bonds is 4. The summed E-state index contributed by atoms with van der Waals surface area (Å²) in [4.78, 5) is 24.9. The first-order valence-electron chi connectivity index (χ1n) is 15.3. The summed E-state index contributed by atoms with van der Waals surface area (Å²) in [5, 5.41) is 24.6. The SMILES string of the molecule is CC1(C)OC2COC(O[C@H]3CC[C@]4(C=O)C5CC[C@]6(C)[C@@H](C7=CC(=O)OC7)CC[C@]6(O)C5CC[C@]4(O)C3)CC2O1. The normalized spacial score (nSPS) is 53.1. The maximum Gasteiger partial charge on any atom is 0.331 e. The molecule has 4 aliphatic carbocycles. The van der Waals surface area contributed by atoms with Crippen LogP contribution in [0.25, 0.3) is 0 Å². The maximum absolute atomic E-state index is 13.0. The molecule has 40 heavy (non-hydrogen) atoms. The molecule has 0 aromatic rings. The van der Waals surface area contributed by atoms with Gasteiger partial charge in [0, 0.05) is 24.3 Å². The van der Waals surface area contributed by atoms with Gasteiger partial charge < -0.3 is 38.7 Å². The first-order valence-corrected chi connectivity index (χ1v) is 15.3. The van der Waals surface area contributed by atoms with Gasteiger partial charge in [0.1, 0.15) is 19.0 Å². The van der Waals surface area contributed by atoms with Crippen LogP contribution in [0, 0.1) is 28.6 Å². The molecule has 0 amide bonds. The number of hydrogen-bond donors (Lipinski definition) is 2. The smallest absolute Gasteiger partial charge is 0.331 e. The van der Waals surface area contributed by atoms with Crippen molar-refractivity contribution in [2.75, 3.05) is 13.2 Å². The Morgan fingerprint density at radius 1 is 0.975 bits per heavy atom. The Morgan fingerprint density at radius 3 is 2.50 bits per heavy atom. The van der Waals surface area contributed by atoms with Gasteiger partial charge in [0.15, 0.2) is 12.1 Å². The van der Waals surface area contributed by atoms with Crippen LogP contribution in [-0.4, -0.2) is 77.3 Å². The minimum atomic E-state index is -1.18. The van der Waals surface area contributed by atoms with Crippen molar-refractivity contribution < 1.29 is 43.5 Å². The monoisotopic (exact) mass is 560 g/mol. The highest BCUT2D eigenvalue weighted by atomic mass is 16.8. The van der Waals surface area contributed by atoms with E-state index in [1.54, 1.807) is 6.08 Å². The molecule has 0 bridgehead atoms. The third-order valence-corrected chi connectivity index (χ3v) is 12.3. The number of aliphatic hydroxyl groups is 2. The van der Waals surface area contributed by atoms with Crippen LogP contribution in [0.5, 0.6) is 0 Å². The van der Waals surface area contributed by atoms with Crippen molar-refractivity contribution >= 4 is 12.3 Å². The van der Waals surface area contributed by atoms with Gasteiger partial charge in [-0.15, -0.1) is 0 Å². The van der Waals surface area contributed by atoms with Crippen LogP contribution in [0.15, 0.2) is 11.6 Å². The number of aldehydes is 1. The molecule has 0 aromatic heterocycles. The summed E-state index contributed by atoms with van der Waals surface area (Å²) in [5.41, 5.74) is -2.42. The van der Waals surface area contributed by atoms with E-state index in [9.17, 15) is 19.8 Å². The summed E-state index contributed by atoms with van der Waals surface area (Å²) >= 11 is 0. The molecule has 9 heteroatoms. The molecule has 9 nitrogen and oxygen atoms in total. The van der Waals surface area contributed by atoms with E-state index < -0.39 is 28.7 Å². The lowest BCUT2D eigenvalue weighted by Crippen LogP contribution is -2.69. The van der Waals surface area contributed by atoms with Gasteiger partial charge in [0.2, 0.25) is 0 Å². The predicted octanol–water partition coefficient (Wildman–Crippen LogP) is 3.19. The molecule has 3 heterocycles. The maximum atomic E-state index is 13.0. The average Bonchev–Trinajstić information content (AvgIpc) is 3.54. The van der Waals surface area contributed by atoms with Crippen molar-refractivity contribution in [2.24, 2.45) is 28.6 Å². The fourth-order valence-corrected chi connectivity index (χ4v) is 10.5. The van der Waals surface area contributed by atoms with Crippen molar-refractivity contribution in [3.05, 3.63) is 11.6 Å². The summed E-state index contributed by atoms with van der Waals surface area (Å²) in [6, 6.07) is 0. The van der Waals surface area contributed by atoms with Gasteiger partial charge in [-0.2, -0.15) is 0 Å². The lowest BCUT2D eigenvalue weighted by atomic mass is 9.41. The van der Waals surface area contributed by atoms with Gasteiger partial charge in [-0.1, -0.05) is 6.92 Å². The molecule has 4 saturated carbocycles. The summed E-state index contributed by atoms with van der Waals surface area (Å²) in [6.07, 6.45) is 8.08. The van der Waals surface area contributed by atoms with Crippen LogP contribution in [-0.2, 0) is 33.3 Å². The second-order valence-electron chi connectivity index (χ2n) is 14.5. The van der Waals surface area contributed by atoms with E-state index in [-0.39, 0.29) is 47.4 Å². The fourth-order valence-electron chi connectivity index (χ4n) is 10.5. The summed E-state index contributed by atoms with van der Waals surface area (Å²) in [6.45, 7) is 6.70. The molecular weight excluding hydrogens is 516 g/mol. The number of carbonyl (C=O) groups excluding carboxylic acids is 2. The number of ether oxygens (including phenoxy) is 5. The Kier molecular flexibility index (Phi) is 6.23. The van der Waals surface area contributed by atoms with Gasteiger partial charge in [-0.05, 0) is 88.5 Å². The van der Waals surface area contributed by atoms with Crippen molar-refractivity contribution in [1.29, 1.82) is 0 Å². The molecule has 0 radical (unpaired) electrons. The minimum absolute atomic E-state index is 0.0701. The van der Waals surface area contributed by atoms with E-state index in [1.807, 2.05) is 13.8 Å². The number of hydrogen-bond acceptors (Lipinski definition) is 9. The number of carbonyl (C=O) groups is 2. The highest BCUT2D eigenvalue weighted by molar-refractivity contribution is 5.85. The van der Waals surface area contributed by atoms with E-state index in [1.165, 1.54) is 0 Å². The molecule has 2 saturated heterocycles. The van der Waals surface area contributed by atoms with E-state index >= 15 is 0 Å². The molecule has 222 valence electrons. The topological polar surface area (TPSA) is 121 Å². The van der Waals surface area contributed by atoms with Crippen LogP contribution in [0.1, 0.15) is 85.0 Å². The lowest BCUT2D eigenvalue weighted by Gasteiger charge is -2.65. The first kappa shape index (κ1) is 27.5.